The summed E-state index contributed by atoms with van der Waals surface area (Å²) in [6.45, 7) is 2.64. The molecule has 1 atom stereocenters. The van der Waals surface area contributed by atoms with Crippen LogP contribution in [0.15, 0.2) is 51.4 Å². The second-order valence-electron chi connectivity index (χ2n) is 4.07. The molecule has 0 aliphatic carbocycles. The lowest BCUT2D eigenvalue weighted by Gasteiger charge is -2.12. The Labute approximate surface area is 135 Å². The van der Waals surface area contributed by atoms with Crippen molar-refractivity contribution in [3.63, 3.8) is 0 Å². The van der Waals surface area contributed by atoms with Crippen molar-refractivity contribution in [1.82, 2.24) is 0 Å². The van der Waals surface area contributed by atoms with E-state index in [1.54, 1.807) is 0 Å². The Hall–Kier alpha value is -0.510. The third-order valence-corrected chi connectivity index (χ3v) is 4.08. The first-order valence-corrected chi connectivity index (χ1v) is 7.95. The zero-order chi connectivity index (χ0) is 13.8. The first-order chi connectivity index (χ1) is 9.10. The van der Waals surface area contributed by atoms with Crippen LogP contribution in [0.4, 0.5) is 0 Å². The highest BCUT2D eigenvalue weighted by molar-refractivity contribution is 9.11. The van der Waals surface area contributed by atoms with Crippen LogP contribution in [0.1, 0.15) is 23.4 Å². The van der Waals surface area contributed by atoms with Gasteiger partial charge in [-0.25, -0.2) is 0 Å². The molecule has 0 aliphatic rings. The lowest BCUT2D eigenvalue weighted by molar-refractivity contribution is 0.340. The molecule has 0 saturated carbocycles. The topological polar surface area (TPSA) is 9.23 Å². The first-order valence-electron chi connectivity index (χ1n) is 5.93. The largest absolute Gasteiger partial charge is 0.494 e. The highest BCUT2D eigenvalue weighted by Gasteiger charge is 2.12. The zero-order valence-electron chi connectivity index (χ0n) is 10.4. The molecule has 0 N–H and O–H groups in total. The van der Waals surface area contributed by atoms with Gasteiger partial charge in [0.15, 0.2) is 0 Å². The van der Waals surface area contributed by atoms with Gasteiger partial charge in [0.05, 0.1) is 12.0 Å². The highest BCUT2D eigenvalue weighted by atomic mass is 79.9. The fraction of sp³-hybridized carbons (Fsp3) is 0.200. The molecular formula is C15H13Br2ClO. The SMILES string of the molecule is CCOc1ccc(C(Cl)c2cc(Br)cc(Br)c2)cc1. The van der Waals surface area contributed by atoms with Gasteiger partial charge in [-0.05, 0) is 48.4 Å². The van der Waals surface area contributed by atoms with E-state index >= 15 is 0 Å². The van der Waals surface area contributed by atoms with Crippen LogP contribution < -0.4 is 4.74 Å². The number of hydrogen-bond donors (Lipinski definition) is 0. The van der Waals surface area contributed by atoms with Crippen LogP contribution in [0, 0.1) is 0 Å². The van der Waals surface area contributed by atoms with E-state index < -0.39 is 0 Å². The van der Waals surface area contributed by atoms with Crippen molar-refractivity contribution < 1.29 is 4.74 Å². The van der Waals surface area contributed by atoms with Crippen LogP contribution in [-0.2, 0) is 0 Å². The highest BCUT2D eigenvalue weighted by Crippen LogP contribution is 2.33. The van der Waals surface area contributed by atoms with Crippen LogP contribution in [0.25, 0.3) is 0 Å². The van der Waals surface area contributed by atoms with Gasteiger partial charge in [0.25, 0.3) is 0 Å². The lowest BCUT2D eigenvalue weighted by atomic mass is 10.0. The third-order valence-electron chi connectivity index (χ3n) is 2.66. The van der Waals surface area contributed by atoms with Gasteiger partial charge >= 0.3 is 0 Å². The van der Waals surface area contributed by atoms with Gasteiger partial charge in [0.2, 0.25) is 0 Å². The number of halogens is 3. The summed E-state index contributed by atoms with van der Waals surface area (Å²) in [4.78, 5) is 0. The van der Waals surface area contributed by atoms with E-state index in [2.05, 4.69) is 31.9 Å². The van der Waals surface area contributed by atoms with E-state index in [0.29, 0.717) is 6.61 Å². The minimum atomic E-state index is -0.176. The van der Waals surface area contributed by atoms with Crippen LogP contribution in [0.3, 0.4) is 0 Å². The van der Waals surface area contributed by atoms with Crippen molar-refractivity contribution >= 4 is 43.5 Å². The lowest BCUT2D eigenvalue weighted by Crippen LogP contribution is -1.95. The number of alkyl halides is 1. The second kappa shape index (κ2) is 6.78. The predicted molar refractivity (Wildman–Crippen MR) is 87.1 cm³/mol. The summed E-state index contributed by atoms with van der Waals surface area (Å²) >= 11 is 13.5. The van der Waals surface area contributed by atoms with E-state index in [-0.39, 0.29) is 5.38 Å². The predicted octanol–water partition coefficient (Wildman–Crippen LogP) is 5.94. The fourth-order valence-electron chi connectivity index (χ4n) is 1.81. The Bertz CT molecular complexity index is 534. The molecule has 0 spiro atoms. The molecular weight excluding hydrogens is 391 g/mol. The van der Waals surface area contributed by atoms with Gasteiger partial charge in [-0.15, -0.1) is 11.6 Å². The molecule has 19 heavy (non-hydrogen) atoms. The van der Waals surface area contributed by atoms with Crippen molar-refractivity contribution in [2.24, 2.45) is 0 Å². The van der Waals surface area contributed by atoms with Gasteiger partial charge in [0, 0.05) is 8.95 Å². The molecule has 0 fully saturated rings. The standard InChI is InChI=1S/C15H13Br2ClO/c1-2-19-14-5-3-10(4-6-14)15(18)11-7-12(16)9-13(17)8-11/h3-9,15H,2H2,1H3. The number of benzene rings is 2. The quantitative estimate of drug-likeness (QED) is 0.573. The number of ether oxygens (including phenoxy) is 1. The van der Waals surface area contributed by atoms with E-state index in [4.69, 9.17) is 16.3 Å². The van der Waals surface area contributed by atoms with Gasteiger partial charge in [-0.1, -0.05) is 44.0 Å². The summed E-state index contributed by atoms with van der Waals surface area (Å²) in [5.41, 5.74) is 2.10. The molecule has 0 saturated heterocycles. The van der Waals surface area contributed by atoms with Gasteiger partial charge in [0.1, 0.15) is 5.75 Å². The van der Waals surface area contributed by atoms with Crippen molar-refractivity contribution in [1.29, 1.82) is 0 Å². The van der Waals surface area contributed by atoms with E-state index in [9.17, 15) is 0 Å². The first kappa shape index (κ1) is 14.9. The second-order valence-corrected chi connectivity index (χ2v) is 6.34. The molecule has 0 aromatic heterocycles. The smallest absolute Gasteiger partial charge is 0.119 e. The summed E-state index contributed by atoms with van der Waals surface area (Å²) < 4.78 is 7.44. The molecule has 0 bridgehead atoms. The summed E-state index contributed by atoms with van der Waals surface area (Å²) in [7, 11) is 0. The maximum Gasteiger partial charge on any atom is 0.119 e. The Morgan fingerprint density at radius 3 is 2.11 bits per heavy atom. The van der Waals surface area contributed by atoms with Crippen molar-refractivity contribution in [2.75, 3.05) is 6.61 Å². The van der Waals surface area contributed by atoms with E-state index in [0.717, 1.165) is 25.8 Å². The Morgan fingerprint density at radius 2 is 1.58 bits per heavy atom. The molecule has 1 nitrogen and oxygen atoms in total. The molecule has 0 aliphatic heterocycles. The normalized spacial score (nSPS) is 12.2. The summed E-state index contributed by atoms with van der Waals surface area (Å²) in [5.74, 6) is 0.866. The Kier molecular flexibility index (Phi) is 5.31. The molecule has 4 heteroatoms. The minimum Gasteiger partial charge on any atom is -0.494 e. The summed E-state index contributed by atoms with van der Waals surface area (Å²) in [6, 6.07) is 13.9. The molecule has 0 radical (unpaired) electrons. The summed E-state index contributed by atoms with van der Waals surface area (Å²) in [6.07, 6.45) is 0. The molecule has 100 valence electrons. The molecule has 2 rings (SSSR count). The van der Waals surface area contributed by atoms with Gasteiger partial charge in [-0.2, -0.15) is 0 Å². The average molecular weight is 405 g/mol. The van der Waals surface area contributed by atoms with Gasteiger partial charge in [-0.3, -0.25) is 0 Å². The van der Waals surface area contributed by atoms with Crippen LogP contribution in [0.5, 0.6) is 5.75 Å². The molecule has 2 aromatic carbocycles. The molecule has 2 aromatic rings. The van der Waals surface area contributed by atoms with E-state index in [1.165, 1.54) is 0 Å². The zero-order valence-corrected chi connectivity index (χ0v) is 14.3. The third kappa shape index (κ3) is 3.98. The Morgan fingerprint density at radius 1 is 1.00 bits per heavy atom. The van der Waals surface area contributed by atoms with Crippen molar-refractivity contribution in [3.8, 4) is 5.75 Å². The molecule has 0 heterocycles. The van der Waals surface area contributed by atoms with Crippen molar-refractivity contribution in [2.45, 2.75) is 12.3 Å². The molecule has 0 amide bonds. The van der Waals surface area contributed by atoms with Crippen LogP contribution in [-0.4, -0.2) is 6.61 Å². The van der Waals surface area contributed by atoms with Crippen LogP contribution >= 0.6 is 43.5 Å². The maximum atomic E-state index is 6.52. The maximum absolute atomic E-state index is 6.52. The Balaban J connectivity index is 2.25. The van der Waals surface area contributed by atoms with Gasteiger partial charge < -0.3 is 4.74 Å². The van der Waals surface area contributed by atoms with Crippen LogP contribution in [0.2, 0.25) is 0 Å². The average Bonchev–Trinajstić information content (AvgIpc) is 2.38. The fourth-order valence-corrected chi connectivity index (χ4v) is 3.41. The molecule has 1 unspecified atom stereocenters. The van der Waals surface area contributed by atoms with E-state index in [1.807, 2.05) is 49.4 Å². The minimum absolute atomic E-state index is 0.176. The van der Waals surface area contributed by atoms with Crippen molar-refractivity contribution in [3.05, 3.63) is 62.5 Å². The summed E-state index contributed by atoms with van der Waals surface area (Å²) in [5, 5.41) is -0.176. The number of hydrogen-bond acceptors (Lipinski definition) is 1. The monoisotopic (exact) mass is 402 g/mol. The number of rotatable bonds is 4.